The predicted molar refractivity (Wildman–Crippen MR) is 69.9 cm³/mol. The summed E-state index contributed by atoms with van der Waals surface area (Å²) in [6.45, 7) is 5.55. The number of amides is 1. The molecule has 0 aliphatic carbocycles. The van der Waals surface area contributed by atoms with Gasteiger partial charge in [0.15, 0.2) is 0 Å². The van der Waals surface area contributed by atoms with Crippen LogP contribution in [0.3, 0.4) is 0 Å². The lowest BCUT2D eigenvalue weighted by atomic mass is 10.1. The molecule has 0 fully saturated rings. The third-order valence-corrected chi connectivity index (χ3v) is 2.92. The van der Waals surface area contributed by atoms with Crippen molar-refractivity contribution in [1.82, 2.24) is 15.5 Å². The maximum atomic E-state index is 12.0. The Balaban J connectivity index is 2.78. The molecule has 6 nitrogen and oxygen atoms in total. The second kappa shape index (κ2) is 6.82. The fraction of sp³-hybridized carbons (Fsp3) is 0.538. The number of aryl methyl sites for hydroxylation is 2. The first-order chi connectivity index (χ1) is 8.99. The summed E-state index contributed by atoms with van der Waals surface area (Å²) in [7, 11) is 0. The van der Waals surface area contributed by atoms with Gasteiger partial charge in [-0.1, -0.05) is 13.8 Å². The maximum Gasteiger partial charge on any atom is 0.308 e. The van der Waals surface area contributed by atoms with Crippen LogP contribution in [0.1, 0.15) is 42.0 Å². The van der Waals surface area contributed by atoms with Gasteiger partial charge in [-0.25, -0.2) is 0 Å². The standard InChI is InChI=1S/C13H19N3O3/c1-4-9(13(18)19)7-14-12(17)10-6-8(3)15-16-11(10)5-2/h6,9H,4-5,7H2,1-3H3,(H,14,17)(H,18,19). The van der Waals surface area contributed by atoms with Crippen LogP contribution in [0.25, 0.3) is 0 Å². The van der Waals surface area contributed by atoms with Gasteiger partial charge in [0.2, 0.25) is 0 Å². The molecule has 1 aromatic rings. The van der Waals surface area contributed by atoms with E-state index in [-0.39, 0.29) is 12.5 Å². The first-order valence-corrected chi connectivity index (χ1v) is 6.33. The molecule has 0 bridgehead atoms. The number of hydrogen-bond donors (Lipinski definition) is 2. The van der Waals surface area contributed by atoms with Gasteiger partial charge in [-0.05, 0) is 25.8 Å². The van der Waals surface area contributed by atoms with E-state index in [1.807, 2.05) is 6.92 Å². The smallest absolute Gasteiger partial charge is 0.308 e. The SMILES string of the molecule is CCc1nnc(C)cc1C(=O)NCC(CC)C(=O)O. The molecule has 1 aromatic heterocycles. The average molecular weight is 265 g/mol. The number of carbonyl (C=O) groups is 2. The lowest BCUT2D eigenvalue weighted by Crippen LogP contribution is -2.33. The predicted octanol–water partition coefficient (Wildman–Crippen LogP) is 1.19. The van der Waals surface area contributed by atoms with Crippen molar-refractivity contribution in [3.63, 3.8) is 0 Å². The van der Waals surface area contributed by atoms with Crippen molar-refractivity contribution in [2.45, 2.75) is 33.6 Å². The number of carboxylic acids is 1. The van der Waals surface area contributed by atoms with Crippen LogP contribution in [0.4, 0.5) is 0 Å². The number of nitrogens with zero attached hydrogens (tertiary/aromatic N) is 2. The molecular formula is C13H19N3O3. The highest BCUT2D eigenvalue weighted by Crippen LogP contribution is 2.08. The van der Waals surface area contributed by atoms with Crippen molar-refractivity contribution in [2.75, 3.05) is 6.54 Å². The van der Waals surface area contributed by atoms with Gasteiger partial charge in [0, 0.05) is 6.54 Å². The summed E-state index contributed by atoms with van der Waals surface area (Å²) in [5.41, 5.74) is 1.74. The Hall–Kier alpha value is -1.98. The van der Waals surface area contributed by atoms with Gasteiger partial charge >= 0.3 is 5.97 Å². The van der Waals surface area contributed by atoms with Gasteiger partial charge < -0.3 is 10.4 Å². The summed E-state index contributed by atoms with van der Waals surface area (Å²) in [6.07, 6.45) is 1.08. The van der Waals surface area contributed by atoms with Crippen LogP contribution in [0.15, 0.2) is 6.07 Å². The molecule has 1 heterocycles. The Kier molecular flexibility index (Phi) is 5.41. The number of aromatic nitrogens is 2. The van der Waals surface area contributed by atoms with Crippen LogP contribution in [0.5, 0.6) is 0 Å². The summed E-state index contributed by atoms with van der Waals surface area (Å²) in [5.74, 6) is -1.76. The van der Waals surface area contributed by atoms with Crippen LogP contribution >= 0.6 is 0 Å². The Morgan fingerprint density at radius 1 is 1.37 bits per heavy atom. The summed E-state index contributed by atoms with van der Waals surface area (Å²) < 4.78 is 0. The van der Waals surface area contributed by atoms with E-state index in [0.717, 1.165) is 0 Å². The normalized spacial score (nSPS) is 11.9. The van der Waals surface area contributed by atoms with Crippen molar-refractivity contribution in [3.05, 3.63) is 23.0 Å². The zero-order valence-corrected chi connectivity index (χ0v) is 11.4. The van der Waals surface area contributed by atoms with Crippen molar-refractivity contribution < 1.29 is 14.7 Å². The summed E-state index contributed by atoms with van der Waals surface area (Å²) >= 11 is 0. The summed E-state index contributed by atoms with van der Waals surface area (Å²) in [4.78, 5) is 22.9. The van der Waals surface area contributed by atoms with E-state index in [1.54, 1.807) is 19.9 Å². The van der Waals surface area contributed by atoms with E-state index in [1.165, 1.54) is 0 Å². The Morgan fingerprint density at radius 2 is 2.05 bits per heavy atom. The lowest BCUT2D eigenvalue weighted by Gasteiger charge is -2.12. The first kappa shape index (κ1) is 15.1. The Morgan fingerprint density at radius 3 is 2.58 bits per heavy atom. The molecule has 2 N–H and O–H groups in total. The van der Waals surface area contributed by atoms with Gasteiger partial charge in [0.1, 0.15) is 0 Å². The quantitative estimate of drug-likeness (QED) is 0.806. The largest absolute Gasteiger partial charge is 0.481 e. The number of hydrogen-bond acceptors (Lipinski definition) is 4. The van der Waals surface area contributed by atoms with Crippen LogP contribution < -0.4 is 5.32 Å². The molecule has 0 radical (unpaired) electrons. The van der Waals surface area contributed by atoms with E-state index < -0.39 is 11.9 Å². The molecule has 1 unspecified atom stereocenters. The second-order valence-electron chi connectivity index (χ2n) is 4.35. The minimum absolute atomic E-state index is 0.120. The third kappa shape index (κ3) is 4.01. The second-order valence-corrected chi connectivity index (χ2v) is 4.35. The molecular weight excluding hydrogens is 246 g/mol. The number of nitrogens with one attached hydrogen (secondary N) is 1. The highest BCUT2D eigenvalue weighted by atomic mass is 16.4. The molecule has 0 spiro atoms. The molecule has 6 heteroatoms. The monoisotopic (exact) mass is 265 g/mol. The number of carboxylic acid groups (broad SMARTS) is 1. The number of aliphatic carboxylic acids is 1. The number of carbonyl (C=O) groups excluding carboxylic acids is 1. The molecule has 0 saturated carbocycles. The van der Waals surface area contributed by atoms with E-state index in [4.69, 9.17) is 5.11 Å². The van der Waals surface area contributed by atoms with Crippen molar-refractivity contribution >= 4 is 11.9 Å². The zero-order chi connectivity index (χ0) is 14.4. The molecule has 0 aliphatic heterocycles. The van der Waals surface area contributed by atoms with Crippen LogP contribution in [0, 0.1) is 12.8 Å². The molecule has 104 valence electrons. The third-order valence-electron chi connectivity index (χ3n) is 2.92. The van der Waals surface area contributed by atoms with Gasteiger partial charge in [-0.15, -0.1) is 0 Å². The van der Waals surface area contributed by atoms with Gasteiger partial charge in [0.05, 0.1) is 22.9 Å². The maximum absolute atomic E-state index is 12.0. The van der Waals surface area contributed by atoms with E-state index in [9.17, 15) is 9.59 Å². The fourth-order valence-electron chi connectivity index (χ4n) is 1.69. The van der Waals surface area contributed by atoms with E-state index in [2.05, 4.69) is 15.5 Å². The first-order valence-electron chi connectivity index (χ1n) is 6.33. The Bertz CT molecular complexity index is 474. The van der Waals surface area contributed by atoms with Gasteiger partial charge in [-0.3, -0.25) is 9.59 Å². The molecule has 1 rings (SSSR count). The summed E-state index contributed by atoms with van der Waals surface area (Å²) in [5, 5.41) is 19.5. The molecule has 0 saturated heterocycles. The fourth-order valence-corrected chi connectivity index (χ4v) is 1.69. The summed E-state index contributed by atoms with van der Waals surface area (Å²) in [6, 6.07) is 1.67. The Labute approximate surface area is 112 Å². The molecule has 0 aromatic carbocycles. The van der Waals surface area contributed by atoms with Gasteiger partial charge in [-0.2, -0.15) is 10.2 Å². The minimum atomic E-state index is -0.900. The van der Waals surface area contributed by atoms with Crippen molar-refractivity contribution in [3.8, 4) is 0 Å². The molecule has 1 amide bonds. The molecule has 0 aliphatic rings. The average Bonchev–Trinajstić information content (AvgIpc) is 2.38. The van der Waals surface area contributed by atoms with Gasteiger partial charge in [0.25, 0.3) is 5.91 Å². The topological polar surface area (TPSA) is 92.2 Å². The van der Waals surface area contributed by atoms with Crippen molar-refractivity contribution in [1.29, 1.82) is 0 Å². The highest BCUT2D eigenvalue weighted by molar-refractivity contribution is 5.95. The lowest BCUT2D eigenvalue weighted by molar-refractivity contribution is -0.141. The zero-order valence-electron chi connectivity index (χ0n) is 11.4. The van der Waals surface area contributed by atoms with E-state index >= 15 is 0 Å². The molecule has 19 heavy (non-hydrogen) atoms. The molecule has 1 atom stereocenters. The minimum Gasteiger partial charge on any atom is -0.481 e. The van der Waals surface area contributed by atoms with Crippen molar-refractivity contribution in [2.24, 2.45) is 5.92 Å². The number of rotatable bonds is 6. The van der Waals surface area contributed by atoms with Crippen LogP contribution in [-0.2, 0) is 11.2 Å². The highest BCUT2D eigenvalue weighted by Gasteiger charge is 2.18. The van der Waals surface area contributed by atoms with Crippen LogP contribution in [0.2, 0.25) is 0 Å². The van der Waals surface area contributed by atoms with E-state index in [0.29, 0.717) is 29.8 Å². The van der Waals surface area contributed by atoms with Crippen LogP contribution in [-0.4, -0.2) is 33.7 Å².